The fraction of sp³-hybridized carbons (Fsp3) is 0.312. The quantitative estimate of drug-likeness (QED) is 0.943. The van der Waals surface area contributed by atoms with Crippen LogP contribution in [0.5, 0.6) is 0 Å². The summed E-state index contributed by atoms with van der Waals surface area (Å²) in [7, 11) is 0. The highest BCUT2D eigenvalue weighted by Gasteiger charge is 2.26. The minimum Gasteiger partial charge on any atom is -0.368 e. The van der Waals surface area contributed by atoms with Crippen molar-refractivity contribution in [1.82, 2.24) is 9.78 Å². The van der Waals surface area contributed by atoms with Crippen molar-refractivity contribution in [1.29, 1.82) is 5.26 Å². The van der Waals surface area contributed by atoms with Gasteiger partial charge in [-0.15, -0.1) is 0 Å². The summed E-state index contributed by atoms with van der Waals surface area (Å²) in [6.45, 7) is 2.89. The maximum absolute atomic E-state index is 13.3. The van der Waals surface area contributed by atoms with Crippen LogP contribution in [0, 0.1) is 17.1 Å². The van der Waals surface area contributed by atoms with Gasteiger partial charge < -0.3 is 10.2 Å². The zero-order chi connectivity index (χ0) is 16.4. The molecule has 1 saturated heterocycles. The first-order valence-corrected chi connectivity index (χ1v) is 7.34. The average Bonchev–Trinajstić information content (AvgIpc) is 3.15. The van der Waals surface area contributed by atoms with Gasteiger partial charge in [0.05, 0.1) is 17.3 Å². The summed E-state index contributed by atoms with van der Waals surface area (Å²) in [4.78, 5) is 13.1. The first-order chi connectivity index (χ1) is 11.1. The van der Waals surface area contributed by atoms with E-state index in [0.717, 1.165) is 18.7 Å². The SMILES string of the molecule is CC(=O)Nc1ccn([C@H]2CCN(c3ccc(F)cc3C#N)C2)n1. The summed E-state index contributed by atoms with van der Waals surface area (Å²) in [6.07, 6.45) is 2.69. The molecule has 1 amide bonds. The summed E-state index contributed by atoms with van der Waals surface area (Å²) >= 11 is 0. The van der Waals surface area contributed by atoms with Gasteiger partial charge >= 0.3 is 0 Å². The number of hydrogen-bond donors (Lipinski definition) is 1. The van der Waals surface area contributed by atoms with Crippen molar-refractivity contribution >= 4 is 17.4 Å². The molecule has 2 aromatic rings. The Labute approximate surface area is 133 Å². The van der Waals surface area contributed by atoms with Crippen molar-refractivity contribution in [3.8, 4) is 6.07 Å². The lowest BCUT2D eigenvalue weighted by molar-refractivity contribution is -0.114. The predicted molar refractivity (Wildman–Crippen MR) is 83.5 cm³/mol. The van der Waals surface area contributed by atoms with E-state index in [2.05, 4.69) is 15.3 Å². The molecule has 2 heterocycles. The molecule has 7 heteroatoms. The van der Waals surface area contributed by atoms with E-state index in [-0.39, 0.29) is 11.9 Å². The Bertz CT molecular complexity index is 779. The molecule has 1 atom stereocenters. The van der Waals surface area contributed by atoms with Crippen LogP contribution in [-0.2, 0) is 4.79 Å². The Balaban J connectivity index is 1.75. The summed E-state index contributed by atoms with van der Waals surface area (Å²) < 4.78 is 15.1. The Morgan fingerprint density at radius 3 is 3.04 bits per heavy atom. The smallest absolute Gasteiger partial charge is 0.222 e. The number of nitrogens with one attached hydrogen (secondary N) is 1. The van der Waals surface area contributed by atoms with Gasteiger partial charge in [-0.05, 0) is 24.6 Å². The molecule has 0 bridgehead atoms. The number of hydrogen-bond acceptors (Lipinski definition) is 4. The van der Waals surface area contributed by atoms with Crippen LogP contribution in [0.2, 0.25) is 0 Å². The van der Waals surface area contributed by atoms with Crippen LogP contribution < -0.4 is 10.2 Å². The van der Waals surface area contributed by atoms with Crippen molar-refractivity contribution in [3.63, 3.8) is 0 Å². The lowest BCUT2D eigenvalue weighted by Crippen LogP contribution is -2.22. The second-order valence-corrected chi connectivity index (χ2v) is 5.52. The molecule has 1 aromatic heterocycles. The van der Waals surface area contributed by atoms with Crippen molar-refractivity contribution in [3.05, 3.63) is 41.8 Å². The number of rotatable bonds is 3. The molecule has 0 radical (unpaired) electrons. The molecule has 1 N–H and O–H groups in total. The largest absolute Gasteiger partial charge is 0.368 e. The second kappa shape index (κ2) is 6.08. The highest BCUT2D eigenvalue weighted by atomic mass is 19.1. The number of amides is 1. The first-order valence-electron chi connectivity index (χ1n) is 7.34. The van der Waals surface area contributed by atoms with E-state index < -0.39 is 5.82 Å². The molecule has 118 valence electrons. The lowest BCUT2D eigenvalue weighted by Gasteiger charge is -2.20. The molecule has 3 rings (SSSR count). The minimum atomic E-state index is -0.409. The maximum atomic E-state index is 13.3. The predicted octanol–water partition coefficient (Wildman–Crippen LogP) is 2.30. The first kappa shape index (κ1) is 15.0. The highest BCUT2D eigenvalue weighted by Crippen LogP contribution is 2.29. The van der Waals surface area contributed by atoms with E-state index in [1.807, 2.05) is 16.9 Å². The molecule has 1 fully saturated rings. The van der Waals surface area contributed by atoms with Gasteiger partial charge in [0.15, 0.2) is 5.82 Å². The Kier molecular flexibility index (Phi) is 3.98. The third-order valence-electron chi connectivity index (χ3n) is 3.87. The van der Waals surface area contributed by atoms with E-state index in [1.54, 1.807) is 12.1 Å². The zero-order valence-corrected chi connectivity index (χ0v) is 12.7. The van der Waals surface area contributed by atoms with Gasteiger partial charge in [-0.3, -0.25) is 9.48 Å². The van der Waals surface area contributed by atoms with Gasteiger partial charge in [-0.25, -0.2) is 4.39 Å². The van der Waals surface area contributed by atoms with Gasteiger partial charge in [0.2, 0.25) is 5.91 Å². The molecular formula is C16H16FN5O. The van der Waals surface area contributed by atoms with Crippen LogP contribution in [0.1, 0.15) is 24.9 Å². The van der Waals surface area contributed by atoms with E-state index in [9.17, 15) is 14.4 Å². The summed E-state index contributed by atoms with van der Waals surface area (Å²) in [6, 6.07) is 8.21. The molecule has 6 nitrogen and oxygen atoms in total. The number of carbonyl (C=O) groups excluding carboxylic acids is 1. The highest BCUT2D eigenvalue weighted by molar-refractivity contribution is 5.87. The normalized spacial score (nSPS) is 17.1. The molecule has 1 aromatic carbocycles. The van der Waals surface area contributed by atoms with Crippen LogP contribution >= 0.6 is 0 Å². The van der Waals surface area contributed by atoms with Crippen LogP contribution in [-0.4, -0.2) is 28.8 Å². The molecule has 0 unspecified atom stereocenters. The van der Waals surface area contributed by atoms with Gasteiger partial charge in [0, 0.05) is 32.3 Å². The van der Waals surface area contributed by atoms with Crippen molar-refractivity contribution < 1.29 is 9.18 Å². The van der Waals surface area contributed by atoms with Crippen LogP contribution in [0.15, 0.2) is 30.5 Å². The average molecular weight is 313 g/mol. The standard InChI is InChI=1S/C16H16FN5O/c1-11(23)19-16-5-7-22(20-16)14-4-6-21(10-14)15-3-2-13(17)8-12(15)9-18/h2-3,5,7-8,14H,4,6,10H2,1H3,(H,19,20,23)/t14-/m0/s1. The number of halogens is 1. The fourth-order valence-corrected chi connectivity index (χ4v) is 2.84. The fourth-order valence-electron chi connectivity index (χ4n) is 2.84. The van der Waals surface area contributed by atoms with E-state index in [1.165, 1.54) is 19.1 Å². The van der Waals surface area contributed by atoms with E-state index in [0.29, 0.717) is 17.9 Å². The Morgan fingerprint density at radius 1 is 1.48 bits per heavy atom. The van der Waals surface area contributed by atoms with Gasteiger partial charge in [0.25, 0.3) is 0 Å². The van der Waals surface area contributed by atoms with E-state index >= 15 is 0 Å². The number of benzene rings is 1. The minimum absolute atomic E-state index is 0.147. The van der Waals surface area contributed by atoms with Crippen LogP contribution in [0.25, 0.3) is 0 Å². The number of nitrogens with zero attached hydrogens (tertiary/aromatic N) is 4. The molecular weight excluding hydrogens is 297 g/mol. The summed E-state index contributed by atoms with van der Waals surface area (Å²) in [5, 5.41) is 16.2. The lowest BCUT2D eigenvalue weighted by atomic mass is 10.1. The van der Waals surface area contributed by atoms with Crippen molar-refractivity contribution in [2.75, 3.05) is 23.3 Å². The maximum Gasteiger partial charge on any atom is 0.222 e. The molecule has 1 aliphatic rings. The third kappa shape index (κ3) is 3.16. The zero-order valence-electron chi connectivity index (χ0n) is 12.7. The second-order valence-electron chi connectivity index (χ2n) is 5.52. The summed E-state index contributed by atoms with van der Waals surface area (Å²) in [5.41, 5.74) is 1.08. The van der Waals surface area contributed by atoms with Gasteiger partial charge in [-0.2, -0.15) is 10.4 Å². The number of aromatic nitrogens is 2. The molecule has 0 spiro atoms. The number of carbonyl (C=O) groups is 1. The topological polar surface area (TPSA) is 74.0 Å². The van der Waals surface area contributed by atoms with Gasteiger partial charge in [0.1, 0.15) is 11.9 Å². The van der Waals surface area contributed by atoms with Crippen LogP contribution in [0.4, 0.5) is 15.9 Å². The number of nitriles is 1. The monoisotopic (exact) mass is 313 g/mol. The third-order valence-corrected chi connectivity index (χ3v) is 3.87. The van der Waals surface area contributed by atoms with Crippen LogP contribution in [0.3, 0.4) is 0 Å². The molecule has 1 aliphatic heterocycles. The number of anilines is 2. The van der Waals surface area contributed by atoms with Gasteiger partial charge in [-0.1, -0.05) is 0 Å². The van der Waals surface area contributed by atoms with Crippen molar-refractivity contribution in [2.24, 2.45) is 0 Å². The Morgan fingerprint density at radius 2 is 2.30 bits per heavy atom. The van der Waals surface area contributed by atoms with E-state index in [4.69, 9.17) is 0 Å². The molecule has 0 aliphatic carbocycles. The summed E-state index contributed by atoms with van der Waals surface area (Å²) in [5.74, 6) is -0.0446. The molecule has 23 heavy (non-hydrogen) atoms. The molecule has 0 saturated carbocycles. The van der Waals surface area contributed by atoms with Crippen molar-refractivity contribution in [2.45, 2.75) is 19.4 Å². The Hall–Kier alpha value is -2.88.